The molecule has 15 heteroatoms. The second-order valence-electron chi connectivity index (χ2n) is 7.51. The number of thiazole rings is 2. The number of nitrogens with zero attached hydrogens (tertiary/aromatic N) is 4. The largest absolute Gasteiger partial charge is 0.477 e. The monoisotopic (exact) mass is 550 g/mol. The molecule has 5 rings (SSSR count). The molecule has 2 amide bonds. The number of fused-ring (bicyclic) bond motifs is 2. The zero-order valence-corrected chi connectivity index (χ0v) is 20.7. The van der Waals surface area contributed by atoms with Crippen molar-refractivity contribution >= 4 is 84.9 Å². The highest BCUT2D eigenvalue weighted by Gasteiger charge is 2.54. The molecule has 4 heterocycles. The SMILES string of the molecule is Nc1nc(/C(=N/O)C(=O)N[C@@H]2C(=O)N3C(C(=O)O)=C(Sc4nc5ccccc5s4)CCC23)c(Cl)s1. The summed E-state index contributed by atoms with van der Waals surface area (Å²) in [5, 5.41) is 24.8. The normalized spacial score (nSPS) is 20.1. The number of rotatable bonds is 6. The number of β-lactam (4-membered cyclic amide) rings is 1. The number of carbonyl (C=O) groups is 3. The minimum atomic E-state index is -1.24. The van der Waals surface area contributed by atoms with Gasteiger partial charge in [-0.25, -0.2) is 14.8 Å². The number of nitrogen functional groups attached to an aromatic ring is 1. The van der Waals surface area contributed by atoms with E-state index in [0.717, 1.165) is 21.6 Å². The highest BCUT2D eigenvalue weighted by Crippen LogP contribution is 2.44. The number of carbonyl (C=O) groups excluding carboxylic acids is 2. The number of thioether (sulfide) groups is 1. The van der Waals surface area contributed by atoms with Gasteiger partial charge < -0.3 is 21.4 Å². The van der Waals surface area contributed by atoms with E-state index in [4.69, 9.17) is 17.3 Å². The van der Waals surface area contributed by atoms with Crippen molar-refractivity contribution in [3.8, 4) is 0 Å². The number of hydrogen-bond donors (Lipinski definition) is 4. The fourth-order valence-electron chi connectivity index (χ4n) is 4.00. The average Bonchev–Trinajstić information content (AvgIpc) is 3.38. The minimum Gasteiger partial charge on any atom is -0.477 e. The first-order valence-corrected chi connectivity index (χ1v) is 12.9. The van der Waals surface area contributed by atoms with Crippen molar-refractivity contribution in [2.75, 3.05) is 5.73 Å². The molecule has 0 radical (unpaired) electrons. The van der Waals surface area contributed by atoms with E-state index in [2.05, 4.69) is 20.4 Å². The van der Waals surface area contributed by atoms with E-state index in [-0.39, 0.29) is 20.9 Å². The van der Waals surface area contributed by atoms with Crippen molar-refractivity contribution in [2.45, 2.75) is 29.3 Å². The van der Waals surface area contributed by atoms with Crippen LogP contribution in [0.5, 0.6) is 0 Å². The molecule has 11 nitrogen and oxygen atoms in total. The summed E-state index contributed by atoms with van der Waals surface area (Å²) in [5.74, 6) is -2.70. The maximum Gasteiger partial charge on any atom is 0.353 e. The van der Waals surface area contributed by atoms with Crippen LogP contribution in [0, 0.1) is 0 Å². The lowest BCUT2D eigenvalue weighted by atomic mass is 9.86. The average molecular weight is 551 g/mol. The maximum absolute atomic E-state index is 12.9. The molecule has 2 atom stereocenters. The molecule has 1 aromatic carbocycles. The molecule has 0 aliphatic carbocycles. The molecule has 35 heavy (non-hydrogen) atoms. The third-order valence-corrected chi connectivity index (χ3v) is 8.83. The van der Waals surface area contributed by atoms with Crippen LogP contribution in [0.25, 0.3) is 10.2 Å². The summed E-state index contributed by atoms with van der Waals surface area (Å²) in [5.41, 5.74) is 5.68. The van der Waals surface area contributed by atoms with Gasteiger partial charge in [0.15, 0.2) is 15.2 Å². The van der Waals surface area contributed by atoms with Crippen LogP contribution in [0.1, 0.15) is 18.5 Å². The number of para-hydroxylation sites is 1. The van der Waals surface area contributed by atoms with Gasteiger partial charge in [-0.2, -0.15) is 0 Å². The van der Waals surface area contributed by atoms with Crippen LogP contribution >= 0.6 is 46.0 Å². The molecule has 2 aliphatic heterocycles. The molecular formula is C20H15ClN6O5S3. The lowest BCUT2D eigenvalue weighted by Crippen LogP contribution is -2.72. The number of allylic oxidation sites excluding steroid dienone is 1. The lowest BCUT2D eigenvalue weighted by Gasteiger charge is -2.49. The van der Waals surface area contributed by atoms with Gasteiger partial charge in [-0.05, 0) is 25.0 Å². The van der Waals surface area contributed by atoms with Gasteiger partial charge >= 0.3 is 5.97 Å². The lowest BCUT2D eigenvalue weighted by molar-refractivity contribution is -0.155. The zero-order chi connectivity index (χ0) is 24.9. The number of nitrogens with two attached hydrogens (primary N) is 1. The summed E-state index contributed by atoms with van der Waals surface area (Å²) in [6.07, 6.45) is 0.815. The van der Waals surface area contributed by atoms with Crippen LogP contribution in [-0.4, -0.2) is 60.8 Å². The zero-order valence-electron chi connectivity index (χ0n) is 17.5. The van der Waals surface area contributed by atoms with Gasteiger partial charge in [0, 0.05) is 4.91 Å². The molecule has 2 aromatic heterocycles. The summed E-state index contributed by atoms with van der Waals surface area (Å²) >= 11 is 9.58. The van der Waals surface area contributed by atoms with Crippen LogP contribution in [0.4, 0.5) is 5.13 Å². The number of amides is 2. The van der Waals surface area contributed by atoms with Crippen LogP contribution in [0.2, 0.25) is 4.34 Å². The Labute approximate surface area is 214 Å². The Hall–Kier alpha value is -3.20. The minimum absolute atomic E-state index is 0.0530. The quantitative estimate of drug-likeness (QED) is 0.156. The van der Waals surface area contributed by atoms with Gasteiger partial charge in [0.25, 0.3) is 11.8 Å². The molecule has 0 spiro atoms. The number of oxime groups is 1. The first-order chi connectivity index (χ1) is 16.8. The summed E-state index contributed by atoms with van der Waals surface area (Å²) < 4.78 is 1.71. The van der Waals surface area contributed by atoms with Crippen molar-refractivity contribution < 1.29 is 24.7 Å². The van der Waals surface area contributed by atoms with Gasteiger partial charge in [0.2, 0.25) is 0 Å². The predicted molar refractivity (Wildman–Crippen MR) is 132 cm³/mol. The van der Waals surface area contributed by atoms with Crippen molar-refractivity contribution in [3.63, 3.8) is 0 Å². The van der Waals surface area contributed by atoms with Crippen molar-refractivity contribution in [3.05, 3.63) is 44.9 Å². The van der Waals surface area contributed by atoms with Crippen molar-refractivity contribution in [2.24, 2.45) is 5.16 Å². The molecule has 0 bridgehead atoms. The number of aliphatic carboxylic acids is 1. The fraction of sp³-hybridized carbons (Fsp3) is 0.200. The highest BCUT2D eigenvalue weighted by atomic mass is 35.5. The first-order valence-electron chi connectivity index (χ1n) is 10.1. The van der Waals surface area contributed by atoms with E-state index in [9.17, 15) is 24.7 Å². The standard InChI is InChI=1S/C20H15ClN6O5S3/c21-15-12(25-19(22)35-15)13(26-32)16(28)24-11-8-5-6-10(14(18(30)31)27(8)17(11)29)34-20-23-7-3-1-2-4-9(7)33-20/h1-4,8,11,32H,5-6H2,(H2,22,25)(H,24,28)(H,30,31)/b26-13-/t8?,11-/m0/s1. The second-order valence-corrected chi connectivity index (χ2v) is 11.5. The smallest absolute Gasteiger partial charge is 0.353 e. The Balaban J connectivity index is 1.36. The van der Waals surface area contributed by atoms with Gasteiger partial charge in [-0.3, -0.25) is 14.5 Å². The fourth-order valence-corrected chi connectivity index (χ4v) is 7.22. The molecule has 180 valence electrons. The van der Waals surface area contributed by atoms with Gasteiger partial charge in [0.05, 0.1) is 16.3 Å². The van der Waals surface area contributed by atoms with E-state index in [0.29, 0.717) is 22.1 Å². The molecule has 1 unspecified atom stereocenters. The summed E-state index contributed by atoms with van der Waals surface area (Å²) in [6, 6.07) is 6.04. The van der Waals surface area contributed by atoms with Crippen LogP contribution in [0.15, 0.2) is 44.4 Å². The third kappa shape index (κ3) is 4.11. The number of aromatic nitrogens is 2. The van der Waals surface area contributed by atoms with Gasteiger partial charge in [0.1, 0.15) is 21.8 Å². The number of nitrogens with one attached hydrogen (secondary N) is 1. The van der Waals surface area contributed by atoms with Gasteiger partial charge in [-0.15, -0.1) is 11.3 Å². The Morgan fingerprint density at radius 2 is 2.06 bits per heavy atom. The third-order valence-electron chi connectivity index (χ3n) is 5.51. The summed E-state index contributed by atoms with van der Waals surface area (Å²) in [7, 11) is 0. The summed E-state index contributed by atoms with van der Waals surface area (Å²) in [4.78, 5) is 47.9. The Kier molecular flexibility index (Phi) is 6.13. The molecule has 0 saturated carbocycles. The molecule has 1 fully saturated rings. The van der Waals surface area contributed by atoms with E-state index in [1.54, 1.807) is 0 Å². The van der Waals surface area contributed by atoms with E-state index < -0.39 is 35.6 Å². The summed E-state index contributed by atoms with van der Waals surface area (Å²) in [6.45, 7) is 0. The second kappa shape index (κ2) is 9.11. The van der Waals surface area contributed by atoms with Crippen LogP contribution in [-0.2, 0) is 14.4 Å². The van der Waals surface area contributed by atoms with Crippen molar-refractivity contribution in [1.82, 2.24) is 20.2 Å². The number of hydrogen-bond acceptors (Lipinski definition) is 11. The Bertz CT molecular complexity index is 1420. The molecule has 1 saturated heterocycles. The molecule has 5 N–H and O–H groups in total. The van der Waals surface area contributed by atoms with E-state index in [1.165, 1.54) is 28.0 Å². The number of anilines is 1. The topological polar surface area (TPSA) is 171 Å². The number of carboxylic acids is 1. The predicted octanol–water partition coefficient (Wildman–Crippen LogP) is 2.74. The number of carboxylic acid groups (broad SMARTS) is 1. The highest BCUT2D eigenvalue weighted by molar-refractivity contribution is 8.04. The number of benzene rings is 1. The number of halogens is 1. The Morgan fingerprint density at radius 1 is 1.29 bits per heavy atom. The van der Waals surface area contributed by atoms with Crippen molar-refractivity contribution in [1.29, 1.82) is 0 Å². The van der Waals surface area contributed by atoms with E-state index >= 15 is 0 Å². The van der Waals surface area contributed by atoms with Crippen LogP contribution < -0.4 is 11.1 Å². The van der Waals surface area contributed by atoms with Gasteiger partial charge in [-0.1, -0.05) is 52.0 Å². The first kappa shape index (κ1) is 23.5. The molecule has 2 aliphatic rings. The molecule has 3 aromatic rings. The van der Waals surface area contributed by atoms with E-state index in [1.807, 2.05) is 24.3 Å². The molecular weight excluding hydrogens is 536 g/mol. The van der Waals surface area contributed by atoms with Crippen LogP contribution in [0.3, 0.4) is 0 Å². The maximum atomic E-state index is 12.9. The Morgan fingerprint density at radius 3 is 2.71 bits per heavy atom.